The molecule has 1 heterocycles. The normalized spacial score (nSPS) is 21.5. The molecule has 1 saturated heterocycles. The summed E-state index contributed by atoms with van der Waals surface area (Å²) >= 11 is 18.7. The first kappa shape index (κ1) is 26.3. The quantitative estimate of drug-likeness (QED) is 0.438. The van der Waals surface area contributed by atoms with Crippen LogP contribution in [0.3, 0.4) is 0 Å². The molecular weight excluding hydrogens is 427 g/mol. The Kier molecular flexibility index (Phi) is 12.3. The molecule has 3 atom stereocenters. The Bertz CT molecular complexity index is 685. The van der Waals surface area contributed by atoms with Gasteiger partial charge in [-0.25, -0.2) is 0 Å². The Labute approximate surface area is 191 Å². The van der Waals surface area contributed by atoms with E-state index in [0.29, 0.717) is 22.6 Å². The number of hydrogen-bond acceptors (Lipinski definition) is 3. The van der Waals surface area contributed by atoms with Crippen molar-refractivity contribution >= 4 is 40.5 Å². The van der Waals surface area contributed by atoms with E-state index in [1.54, 1.807) is 13.0 Å². The van der Waals surface area contributed by atoms with Gasteiger partial charge in [0.1, 0.15) is 0 Å². The van der Waals surface area contributed by atoms with Crippen LogP contribution in [0.1, 0.15) is 53.9 Å². The lowest BCUT2D eigenvalue weighted by Gasteiger charge is -2.43. The third-order valence-corrected chi connectivity index (χ3v) is 5.55. The fraction of sp³-hybridized carbons (Fsp3) is 0.565. The largest absolute Gasteiger partial charge is 0.392 e. The highest BCUT2D eigenvalue weighted by atomic mass is 35.5. The average molecular weight is 462 g/mol. The molecule has 3 unspecified atom stereocenters. The lowest BCUT2D eigenvalue weighted by molar-refractivity contribution is 0.181. The van der Waals surface area contributed by atoms with Gasteiger partial charge in [0.05, 0.1) is 22.9 Å². The molecular formula is C23H35Cl3N2O. The van der Waals surface area contributed by atoms with Crippen LogP contribution in [0.25, 0.3) is 0 Å². The highest BCUT2D eigenvalue weighted by molar-refractivity contribution is 6.36. The van der Waals surface area contributed by atoms with Gasteiger partial charge in [-0.15, -0.1) is 0 Å². The molecule has 0 spiro atoms. The maximum Gasteiger partial charge on any atom is 0.0654 e. The fourth-order valence-corrected chi connectivity index (χ4v) is 4.11. The van der Waals surface area contributed by atoms with Crippen LogP contribution < -0.4 is 10.2 Å². The van der Waals surface area contributed by atoms with Crippen molar-refractivity contribution in [1.29, 1.82) is 0 Å². The van der Waals surface area contributed by atoms with Crippen molar-refractivity contribution in [2.75, 3.05) is 18.0 Å². The number of anilines is 1. The van der Waals surface area contributed by atoms with Crippen molar-refractivity contribution in [1.82, 2.24) is 5.32 Å². The number of halogens is 3. The summed E-state index contributed by atoms with van der Waals surface area (Å²) in [5, 5.41) is 15.2. The summed E-state index contributed by atoms with van der Waals surface area (Å²) in [5.41, 5.74) is 2.32. The minimum atomic E-state index is -0.352. The molecule has 0 bridgehead atoms. The van der Waals surface area contributed by atoms with Crippen LogP contribution in [0.5, 0.6) is 0 Å². The molecule has 0 radical (unpaired) electrons. The molecule has 0 aromatic heterocycles. The van der Waals surface area contributed by atoms with Crippen LogP contribution in [-0.2, 0) is 0 Å². The van der Waals surface area contributed by atoms with Crippen molar-refractivity contribution in [3.63, 3.8) is 0 Å². The molecule has 3 nitrogen and oxygen atoms in total. The summed E-state index contributed by atoms with van der Waals surface area (Å²) in [6.45, 7) is 11.3. The molecule has 0 saturated carbocycles. The molecule has 6 heteroatoms. The minimum absolute atomic E-state index is 0.209. The van der Waals surface area contributed by atoms with E-state index in [2.05, 4.69) is 23.2 Å². The molecule has 1 aliphatic heterocycles. The maximum absolute atomic E-state index is 9.61. The smallest absolute Gasteiger partial charge is 0.0654 e. The van der Waals surface area contributed by atoms with E-state index in [0.717, 1.165) is 36.5 Å². The first-order valence-corrected chi connectivity index (χ1v) is 11.6. The first-order chi connectivity index (χ1) is 13.8. The topological polar surface area (TPSA) is 35.5 Å². The van der Waals surface area contributed by atoms with Gasteiger partial charge in [-0.1, -0.05) is 61.7 Å². The third-order valence-electron chi connectivity index (χ3n) is 4.89. The number of nitrogens with zero attached hydrogens (tertiary/aromatic N) is 1. The van der Waals surface area contributed by atoms with Gasteiger partial charge < -0.3 is 15.3 Å². The highest BCUT2D eigenvalue weighted by Crippen LogP contribution is 2.36. The van der Waals surface area contributed by atoms with Gasteiger partial charge in [-0.05, 0) is 63.0 Å². The SMILES string of the molecule is CC.CC/C(=C\C=C(/C)Cl)C1CC(NCC(C)O)CCN1c1ccc(Cl)cc1Cl. The molecule has 29 heavy (non-hydrogen) atoms. The Hall–Kier alpha value is -0.710. The average Bonchev–Trinajstić information content (AvgIpc) is 2.69. The second-order valence-electron chi connectivity index (χ2n) is 7.13. The van der Waals surface area contributed by atoms with Gasteiger partial charge in [-0.3, -0.25) is 0 Å². The Morgan fingerprint density at radius 1 is 1.31 bits per heavy atom. The van der Waals surface area contributed by atoms with Gasteiger partial charge in [0, 0.05) is 29.2 Å². The second-order valence-corrected chi connectivity index (χ2v) is 8.57. The first-order valence-electron chi connectivity index (χ1n) is 10.5. The second kappa shape index (κ2) is 13.6. The van der Waals surface area contributed by atoms with Gasteiger partial charge in [0.15, 0.2) is 0 Å². The highest BCUT2D eigenvalue weighted by Gasteiger charge is 2.31. The zero-order chi connectivity index (χ0) is 22.0. The summed E-state index contributed by atoms with van der Waals surface area (Å²) in [5.74, 6) is 0. The van der Waals surface area contributed by atoms with Crippen LogP contribution in [0.15, 0.2) is 41.0 Å². The van der Waals surface area contributed by atoms with E-state index >= 15 is 0 Å². The number of hydrogen-bond donors (Lipinski definition) is 2. The van der Waals surface area contributed by atoms with Crippen LogP contribution in [0.2, 0.25) is 10.0 Å². The Balaban J connectivity index is 0.00000204. The number of nitrogens with one attached hydrogen (secondary N) is 1. The summed E-state index contributed by atoms with van der Waals surface area (Å²) in [6.07, 6.45) is 6.59. The van der Waals surface area contributed by atoms with E-state index in [1.165, 1.54) is 5.57 Å². The Morgan fingerprint density at radius 3 is 2.55 bits per heavy atom. The number of aliphatic hydroxyl groups is 1. The van der Waals surface area contributed by atoms with Crippen LogP contribution in [0.4, 0.5) is 5.69 Å². The summed E-state index contributed by atoms with van der Waals surface area (Å²) in [6, 6.07) is 6.24. The number of piperidine rings is 1. The van der Waals surface area contributed by atoms with Gasteiger partial charge >= 0.3 is 0 Å². The van der Waals surface area contributed by atoms with Gasteiger partial charge in [0.25, 0.3) is 0 Å². The van der Waals surface area contributed by atoms with Gasteiger partial charge in [-0.2, -0.15) is 0 Å². The molecule has 0 aliphatic carbocycles. The van der Waals surface area contributed by atoms with Crippen molar-refractivity contribution in [2.45, 2.75) is 72.1 Å². The molecule has 0 amide bonds. The fourth-order valence-electron chi connectivity index (χ4n) is 3.53. The van der Waals surface area contributed by atoms with Crippen LogP contribution in [-0.4, -0.2) is 36.4 Å². The van der Waals surface area contributed by atoms with Crippen molar-refractivity contribution in [3.05, 3.63) is 51.0 Å². The van der Waals surface area contributed by atoms with Crippen molar-refractivity contribution in [2.24, 2.45) is 0 Å². The maximum atomic E-state index is 9.61. The number of rotatable bonds is 7. The predicted octanol–water partition coefficient (Wildman–Crippen LogP) is 6.81. The van der Waals surface area contributed by atoms with E-state index in [1.807, 2.05) is 39.0 Å². The van der Waals surface area contributed by atoms with Gasteiger partial charge in [0.2, 0.25) is 0 Å². The molecule has 164 valence electrons. The zero-order valence-electron chi connectivity index (χ0n) is 18.2. The molecule has 2 rings (SSSR count). The third kappa shape index (κ3) is 8.51. The number of allylic oxidation sites excluding steroid dienone is 3. The van der Waals surface area contributed by atoms with E-state index in [9.17, 15) is 5.11 Å². The number of benzene rings is 1. The molecule has 1 aliphatic rings. The summed E-state index contributed by atoms with van der Waals surface area (Å²) in [7, 11) is 0. The molecule has 1 aromatic rings. The van der Waals surface area contributed by atoms with E-state index in [4.69, 9.17) is 34.8 Å². The molecule has 1 aromatic carbocycles. The zero-order valence-corrected chi connectivity index (χ0v) is 20.5. The summed E-state index contributed by atoms with van der Waals surface area (Å²) < 4.78 is 0. The van der Waals surface area contributed by atoms with Crippen molar-refractivity contribution < 1.29 is 5.11 Å². The monoisotopic (exact) mass is 460 g/mol. The predicted molar refractivity (Wildman–Crippen MR) is 130 cm³/mol. The van der Waals surface area contributed by atoms with Crippen LogP contribution in [0, 0.1) is 0 Å². The molecule has 1 fully saturated rings. The lowest BCUT2D eigenvalue weighted by Crippen LogP contribution is -2.50. The Morgan fingerprint density at radius 2 is 2.00 bits per heavy atom. The summed E-state index contributed by atoms with van der Waals surface area (Å²) in [4.78, 5) is 2.37. The lowest BCUT2D eigenvalue weighted by atomic mass is 9.89. The minimum Gasteiger partial charge on any atom is -0.392 e. The standard InChI is InChI=1S/C21H29Cl3N2O.C2H6/c1-4-16(6-5-14(2)22)21-12-18(25-13-15(3)27)9-10-26(21)20-8-7-17(23)11-19(20)24;1-2/h5-8,11,15,18,21,25,27H,4,9-10,12-13H2,1-3H3;1-2H3/b14-5+,16-6+;. The van der Waals surface area contributed by atoms with Crippen molar-refractivity contribution in [3.8, 4) is 0 Å². The van der Waals surface area contributed by atoms with E-state index < -0.39 is 0 Å². The van der Waals surface area contributed by atoms with E-state index in [-0.39, 0.29) is 12.1 Å². The molecule has 2 N–H and O–H groups in total. The van der Waals surface area contributed by atoms with Crippen LogP contribution >= 0.6 is 34.8 Å². The number of aliphatic hydroxyl groups excluding tert-OH is 1.